The van der Waals surface area contributed by atoms with Crippen LogP contribution in [0, 0.1) is 5.82 Å². The Labute approximate surface area is 81.3 Å². The summed E-state index contributed by atoms with van der Waals surface area (Å²) in [6.07, 6.45) is 0. The second kappa shape index (κ2) is 2.70. The third-order valence-electron chi connectivity index (χ3n) is 1.95. The Morgan fingerprint density at radius 2 is 2.23 bits per heavy atom. The second-order valence-electron chi connectivity index (χ2n) is 2.74. The van der Waals surface area contributed by atoms with E-state index in [4.69, 9.17) is 0 Å². The van der Waals surface area contributed by atoms with Crippen LogP contribution in [0.5, 0.6) is 0 Å². The fraction of sp³-hybridized carbons (Fsp3) is 0.125. The SMILES string of the molecule is Cn1c(=O)[nH]c2c(F)ccc(Br)c21. The number of aromatic amines is 1. The fourth-order valence-electron chi connectivity index (χ4n) is 1.28. The first kappa shape index (κ1) is 8.50. The first-order valence-electron chi connectivity index (χ1n) is 3.64. The predicted octanol–water partition coefficient (Wildman–Crippen LogP) is 1.77. The number of fused-ring (bicyclic) bond motifs is 1. The van der Waals surface area contributed by atoms with Crippen molar-refractivity contribution >= 4 is 27.0 Å². The predicted molar refractivity (Wildman–Crippen MR) is 51.2 cm³/mol. The first-order valence-corrected chi connectivity index (χ1v) is 4.43. The van der Waals surface area contributed by atoms with Gasteiger partial charge in [0.15, 0.2) is 0 Å². The molecule has 0 saturated heterocycles. The summed E-state index contributed by atoms with van der Waals surface area (Å²) in [4.78, 5) is 13.6. The van der Waals surface area contributed by atoms with Crippen molar-refractivity contribution in [2.75, 3.05) is 0 Å². The molecule has 3 nitrogen and oxygen atoms in total. The summed E-state index contributed by atoms with van der Waals surface area (Å²) < 4.78 is 15.2. The Hall–Kier alpha value is -1.10. The molecule has 0 aliphatic heterocycles. The van der Waals surface area contributed by atoms with E-state index in [1.807, 2.05) is 0 Å². The van der Waals surface area contributed by atoms with Crippen molar-refractivity contribution in [2.45, 2.75) is 0 Å². The molecule has 0 aliphatic rings. The number of imidazole rings is 1. The molecule has 0 aliphatic carbocycles. The highest BCUT2D eigenvalue weighted by molar-refractivity contribution is 9.10. The minimum absolute atomic E-state index is 0.238. The molecule has 0 atom stereocenters. The van der Waals surface area contributed by atoms with E-state index in [9.17, 15) is 9.18 Å². The van der Waals surface area contributed by atoms with Crippen LogP contribution in [0.2, 0.25) is 0 Å². The van der Waals surface area contributed by atoms with Gasteiger partial charge in [-0.2, -0.15) is 0 Å². The van der Waals surface area contributed by atoms with Gasteiger partial charge in [-0.3, -0.25) is 4.57 Å². The Morgan fingerprint density at radius 3 is 2.85 bits per heavy atom. The average molecular weight is 245 g/mol. The number of rotatable bonds is 0. The molecule has 0 bridgehead atoms. The molecule has 1 aromatic carbocycles. The van der Waals surface area contributed by atoms with Crippen molar-refractivity contribution in [3.8, 4) is 0 Å². The van der Waals surface area contributed by atoms with E-state index in [1.165, 1.54) is 10.6 Å². The maximum Gasteiger partial charge on any atom is 0.326 e. The van der Waals surface area contributed by atoms with Gasteiger partial charge >= 0.3 is 5.69 Å². The number of nitrogens with one attached hydrogen (secondary N) is 1. The zero-order chi connectivity index (χ0) is 9.59. The smallest absolute Gasteiger partial charge is 0.303 e. The van der Waals surface area contributed by atoms with Crippen LogP contribution in [-0.2, 0) is 7.05 Å². The molecule has 0 amide bonds. The molecule has 2 aromatic rings. The van der Waals surface area contributed by atoms with Crippen molar-refractivity contribution in [3.63, 3.8) is 0 Å². The summed E-state index contributed by atoms with van der Waals surface area (Å²) in [5.74, 6) is -0.420. The van der Waals surface area contributed by atoms with Crippen LogP contribution in [0.1, 0.15) is 0 Å². The summed E-state index contributed by atoms with van der Waals surface area (Å²) in [5, 5.41) is 0. The molecule has 0 radical (unpaired) electrons. The largest absolute Gasteiger partial charge is 0.326 e. The van der Waals surface area contributed by atoms with Gasteiger partial charge in [-0.25, -0.2) is 9.18 Å². The summed E-state index contributed by atoms with van der Waals surface area (Å²) in [5.41, 5.74) is 0.465. The van der Waals surface area contributed by atoms with Crippen molar-refractivity contribution < 1.29 is 4.39 Å². The fourth-order valence-corrected chi connectivity index (χ4v) is 1.88. The maximum absolute atomic E-state index is 13.2. The number of aromatic nitrogens is 2. The molecule has 0 fully saturated rings. The number of hydrogen-bond acceptors (Lipinski definition) is 1. The zero-order valence-corrected chi connectivity index (χ0v) is 8.35. The monoisotopic (exact) mass is 244 g/mol. The number of aryl methyl sites for hydroxylation is 1. The second-order valence-corrected chi connectivity index (χ2v) is 3.60. The van der Waals surface area contributed by atoms with Crippen molar-refractivity contribution in [2.24, 2.45) is 7.05 Å². The van der Waals surface area contributed by atoms with E-state index >= 15 is 0 Å². The van der Waals surface area contributed by atoms with Gasteiger partial charge in [0.1, 0.15) is 11.3 Å². The van der Waals surface area contributed by atoms with Crippen molar-refractivity contribution in [3.05, 3.63) is 32.9 Å². The molecule has 1 heterocycles. The number of benzene rings is 1. The minimum atomic E-state index is -0.420. The molecular weight excluding hydrogens is 239 g/mol. The van der Waals surface area contributed by atoms with Gasteiger partial charge in [0.2, 0.25) is 0 Å². The third-order valence-corrected chi connectivity index (χ3v) is 2.59. The van der Waals surface area contributed by atoms with E-state index in [0.717, 1.165) is 0 Å². The molecule has 0 saturated carbocycles. The standard InChI is InChI=1S/C8H6BrFN2O/c1-12-7-4(9)2-3-5(10)6(7)11-8(12)13/h2-3H,1H3,(H,11,13). The molecule has 0 spiro atoms. The Balaban J connectivity index is 3.09. The van der Waals surface area contributed by atoms with Crippen LogP contribution >= 0.6 is 15.9 Å². The lowest BCUT2D eigenvalue weighted by molar-refractivity contribution is 0.637. The lowest BCUT2D eigenvalue weighted by Crippen LogP contribution is -2.11. The van der Waals surface area contributed by atoms with Crippen LogP contribution in [-0.4, -0.2) is 9.55 Å². The van der Waals surface area contributed by atoms with Gasteiger partial charge in [0, 0.05) is 11.5 Å². The number of hydrogen-bond donors (Lipinski definition) is 1. The molecule has 13 heavy (non-hydrogen) atoms. The van der Waals surface area contributed by atoms with Gasteiger partial charge in [0.25, 0.3) is 0 Å². The van der Waals surface area contributed by atoms with Gasteiger partial charge in [0.05, 0.1) is 5.52 Å². The summed E-state index contributed by atoms with van der Waals surface area (Å²) in [6, 6.07) is 2.88. The summed E-state index contributed by atoms with van der Waals surface area (Å²) >= 11 is 3.25. The lowest BCUT2D eigenvalue weighted by Gasteiger charge is -1.97. The van der Waals surface area contributed by atoms with Crippen LogP contribution in [0.3, 0.4) is 0 Å². The minimum Gasteiger partial charge on any atom is -0.303 e. The van der Waals surface area contributed by atoms with E-state index < -0.39 is 5.82 Å². The highest BCUT2D eigenvalue weighted by Gasteiger charge is 2.10. The molecule has 0 unspecified atom stereocenters. The van der Waals surface area contributed by atoms with Crippen LogP contribution < -0.4 is 5.69 Å². The number of H-pyrrole nitrogens is 1. The molecule has 1 aromatic heterocycles. The van der Waals surface area contributed by atoms with E-state index in [2.05, 4.69) is 20.9 Å². The number of halogens is 2. The molecule has 2 rings (SSSR count). The van der Waals surface area contributed by atoms with Crippen LogP contribution in [0.4, 0.5) is 4.39 Å². The van der Waals surface area contributed by atoms with Crippen LogP contribution in [0.25, 0.3) is 11.0 Å². The van der Waals surface area contributed by atoms with Gasteiger partial charge in [-0.05, 0) is 28.1 Å². The quantitative estimate of drug-likeness (QED) is 0.754. The average Bonchev–Trinajstić information content (AvgIpc) is 2.38. The van der Waals surface area contributed by atoms with Crippen LogP contribution in [0.15, 0.2) is 21.4 Å². The molecular formula is C8H6BrFN2O. The Kier molecular flexibility index (Phi) is 1.76. The molecule has 5 heteroatoms. The first-order chi connectivity index (χ1) is 6.11. The topological polar surface area (TPSA) is 37.8 Å². The Bertz CT molecular complexity index is 529. The van der Waals surface area contributed by atoms with Crippen molar-refractivity contribution in [1.82, 2.24) is 9.55 Å². The highest BCUT2D eigenvalue weighted by Crippen LogP contribution is 2.22. The highest BCUT2D eigenvalue weighted by atomic mass is 79.9. The Morgan fingerprint density at radius 1 is 1.54 bits per heavy atom. The van der Waals surface area contributed by atoms with E-state index in [1.54, 1.807) is 13.1 Å². The van der Waals surface area contributed by atoms with E-state index in [0.29, 0.717) is 9.99 Å². The lowest BCUT2D eigenvalue weighted by atomic mass is 10.3. The van der Waals surface area contributed by atoms with E-state index in [-0.39, 0.29) is 11.2 Å². The number of nitrogens with zero attached hydrogens (tertiary/aromatic N) is 1. The normalized spacial score (nSPS) is 11.0. The third kappa shape index (κ3) is 1.11. The molecule has 1 N–H and O–H groups in total. The summed E-state index contributed by atoms with van der Waals surface area (Å²) in [6.45, 7) is 0. The van der Waals surface area contributed by atoms with Crippen molar-refractivity contribution in [1.29, 1.82) is 0 Å². The zero-order valence-electron chi connectivity index (χ0n) is 6.77. The van der Waals surface area contributed by atoms with Gasteiger partial charge in [-0.15, -0.1) is 0 Å². The molecule has 68 valence electrons. The maximum atomic E-state index is 13.2. The van der Waals surface area contributed by atoms with Gasteiger partial charge in [-0.1, -0.05) is 0 Å². The summed E-state index contributed by atoms with van der Waals surface area (Å²) in [7, 11) is 1.59. The van der Waals surface area contributed by atoms with Gasteiger partial charge < -0.3 is 4.98 Å².